The van der Waals surface area contributed by atoms with Crippen LogP contribution in [0.1, 0.15) is 29.1 Å². The minimum atomic E-state index is -0.640. The van der Waals surface area contributed by atoms with Crippen molar-refractivity contribution >= 4 is 23.2 Å². The summed E-state index contributed by atoms with van der Waals surface area (Å²) in [6.45, 7) is 1.71. The molecule has 1 aromatic heterocycles. The first-order chi connectivity index (χ1) is 9.49. The molecular formula is C11H10ClN5O3. The molecular weight excluding hydrogens is 286 g/mol. The molecule has 2 rings (SSSR count). The fourth-order valence-electron chi connectivity index (χ4n) is 1.57. The molecule has 0 aliphatic heterocycles. The van der Waals surface area contributed by atoms with Crippen LogP contribution in [0.15, 0.2) is 24.5 Å². The first-order valence-electron chi connectivity index (χ1n) is 5.59. The van der Waals surface area contributed by atoms with Crippen LogP contribution >= 0.6 is 11.6 Å². The molecule has 0 aliphatic rings. The molecule has 0 aliphatic carbocycles. The molecule has 1 amide bonds. The fraction of sp³-hybridized carbons (Fsp3) is 0.182. The average Bonchev–Trinajstić information content (AvgIpc) is 2.92. The van der Waals surface area contributed by atoms with Crippen molar-refractivity contribution in [3.63, 3.8) is 0 Å². The number of aromatic nitrogens is 3. The number of nitro benzene ring substituents is 1. The van der Waals surface area contributed by atoms with Gasteiger partial charge in [0.05, 0.1) is 11.0 Å². The van der Waals surface area contributed by atoms with Crippen LogP contribution < -0.4 is 5.32 Å². The standard InChI is InChI=1S/C11H10ClN5O3/c1-6(10-13-5-14-16-10)15-11(18)7-2-3-8(12)9(4-7)17(19)20/h2-6H,1H3,(H,15,18)(H,13,14,16). The van der Waals surface area contributed by atoms with E-state index in [1.807, 2.05) is 0 Å². The van der Waals surface area contributed by atoms with Crippen molar-refractivity contribution in [3.05, 3.63) is 51.1 Å². The van der Waals surface area contributed by atoms with E-state index in [9.17, 15) is 14.9 Å². The van der Waals surface area contributed by atoms with Crippen LogP contribution in [0.5, 0.6) is 0 Å². The highest BCUT2D eigenvalue weighted by Crippen LogP contribution is 2.25. The number of rotatable bonds is 4. The summed E-state index contributed by atoms with van der Waals surface area (Å²) < 4.78 is 0. The minimum Gasteiger partial charge on any atom is -0.342 e. The van der Waals surface area contributed by atoms with Gasteiger partial charge in [-0.3, -0.25) is 20.0 Å². The van der Waals surface area contributed by atoms with Gasteiger partial charge in [-0.25, -0.2) is 4.98 Å². The zero-order chi connectivity index (χ0) is 14.7. The molecule has 0 spiro atoms. The number of halogens is 1. The highest BCUT2D eigenvalue weighted by atomic mass is 35.5. The van der Waals surface area contributed by atoms with E-state index < -0.39 is 16.9 Å². The molecule has 1 unspecified atom stereocenters. The quantitative estimate of drug-likeness (QED) is 0.660. The molecule has 0 fully saturated rings. The molecule has 0 saturated carbocycles. The Morgan fingerprint density at radius 1 is 1.55 bits per heavy atom. The van der Waals surface area contributed by atoms with Gasteiger partial charge in [0.2, 0.25) is 0 Å². The van der Waals surface area contributed by atoms with E-state index in [1.165, 1.54) is 18.5 Å². The Hall–Kier alpha value is -2.48. The second-order valence-corrected chi connectivity index (χ2v) is 4.40. The van der Waals surface area contributed by atoms with Gasteiger partial charge in [-0.1, -0.05) is 11.6 Å². The van der Waals surface area contributed by atoms with Gasteiger partial charge in [0.25, 0.3) is 11.6 Å². The van der Waals surface area contributed by atoms with Gasteiger partial charge in [-0.05, 0) is 19.1 Å². The predicted octanol–water partition coefficient (Wildman–Crippen LogP) is 1.86. The number of nitrogens with zero attached hydrogens (tertiary/aromatic N) is 3. The van der Waals surface area contributed by atoms with Crippen molar-refractivity contribution in [3.8, 4) is 0 Å². The molecule has 104 valence electrons. The van der Waals surface area contributed by atoms with E-state index in [0.29, 0.717) is 5.82 Å². The summed E-state index contributed by atoms with van der Waals surface area (Å²) >= 11 is 5.69. The molecule has 2 aromatic rings. The van der Waals surface area contributed by atoms with Crippen LogP contribution in [0.4, 0.5) is 5.69 Å². The first kappa shape index (κ1) is 13.9. The number of nitro groups is 1. The van der Waals surface area contributed by atoms with Gasteiger partial charge in [0.1, 0.15) is 17.2 Å². The van der Waals surface area contributed by atoms with E-state index in [4.69, 9.17) is 11.6 Å². The number of benzene rings is 1. The summed E-state index contributed by atoms with van der Waals surface area (Å²) in [5.74, 6) is 0.0236. The average molecular weight is 296 g/mol. The zero-order valence-corrected chi connectivity index (χ0v) is 11.1. The summed E-state index contributed by atoms with van der Waals surface area (Å²) in [6.07, 6.45) is 1.32. The summed E-state index contributed by atoms with van der Waals surface area (Å²) in [7, 11) is 0. The number of H-pyrrole nitrogens is 1. The lowest BCUT2D eigenvalue weighted by molar-refractivity contribution is -0.384. The molecule has 0 saturated heterocycles. The number of hydrogen-bond acceptors (Lipinski definition) is 5. The van der Waals surface area contributed by atoms with Crippen molar-refractivity contribution in [1.29, 1.82) is 0 Å². The fourth-order valence-corrected chi connectivity index (χ4v) is 1.75. The van der Waals surface area contributed by atoms with Crippen molar-refractivity contribution in [2.45, 2.75) is 13.0 Å². The van der Waals surface area contributed by atoms with Gasteiger partial charge in [0.15, 0.2) is 0 Å². The number of aromatic amines is 1. The van der Waals surface area contributed by atoms with Crippen LogP contribution in [-0.4, -0.2) is 26.0 Å². The van der Waals surface area contributed by atoms with E-state index in [2.05, 4.69) is 20.5 Å². The highest BCUT2D eigenvalue weighted by Gasteiger charge is 2.18. The van der Waals surface area contributed by atoms with Crippen LogP contribution in [0, 0.1) is 10.1 Å². The van der Waals surface area contributed by atoms with E-state index in [1.54, 1.807) is 6.92 Å². The second-order valence-electron chi connectivity index (χ2n) is 3.99. The molecule has 0 radical (unpaired) electrons. The third kappa shape index (κ3) is 2.91. The SMILES string of the molecule is CC(NC(=O)c1ccc(Cl)c([N+](=O)[O-])c1)c1ncn[nH]1. The van der Waals surface area contributed by atoms with Gasteiger partial charge in [0, 0.05) is 11.6 Å². The van der Waals surface area contributed by atoms with Crippen molar-refractivity contribution in [1.82, 2.24) is 20.5 Å². The summed E-state index contributed by atoms with van der Waals surface area (Å²) in [5.41, 5.74) is -0.167. The molecule has 1 atom stereocenters. The highest BCUT2D eigenvalue weighted by molar-refractivity contribution is 6.32. The van der Waals surface area contributed by atoms with Crippen LogP contribution in [0.25, 0.3) is 0 Å². The Morgan fingerprint density at radius 3 is 2.90 bits per heavy atom. The lowest BCUT2D eigenvalue weighted by Gasteiger charge is -2.11. The van der Waals surface area contributed by atoms with Gasteiger partial charge in [-0.2, -0.15) is 5.10 Å². The Morgan fingerprint density at radius 2 is 2.30 bits per heavy atom. The van der Waals surface area contributed by atoms with Crippen LogP contribution in [-0.2, 0) is 0 Å². The molecule has 20 heavy (non-hydrogen) atoms. The smallest absolute Gasteiger partial charge is 0.288 e. The lowest BCUT2D eigenvalue weighted by atomic mass is 10.1. The third-order valence-corrected chi connectivity index (χ3v) is 2.92. The van der Waals surface area contributed by atoms with Gasteiger partial charge in [-0.15, -0.1) is 0 Å². The molecule has 2 N–H and O–H groups in total. The largest absolute Gasteiger partial charge is 0.342 e. The van der Waals surface area contributed by atoms with Crippen molar-refractivity contribution < 1.29 is 9.72 Å². The Balaban J connectivity index is 2.17. The van der Waals surface area contributed by atoms with Gasteiger partial charge < -0.3 is 5.32 Å². The lowest BCUT2D eigenvalue weighted by Crippen LogP contribution is -2.27. The maximum Gasteiger partial charge on any atom is 0.288 e. The summed E-state index contributed by atoms with van der Waals surface area (Å²) in [4.78, 5) is 26.0. The summed E-state index contributed by atoms with van der Waals surface area (Å²) in [6, 6.07) is 3.45. The normalized spacial score (nSPS) is 11.9. The maximum absolute atomic E-state index is 12.0. The Kier molecular flexibility index (Phi) is 3.94. The van der Waals surface area contributed by atoms with Crippen LogP contribution in [0.3, 0.4) is 0 Å². The van der Waals surface area contributed by atoms with E-state index in [0.717, 1.165) is 6.07 Å². The number of hydrogen-bond donors (Lipinski definition) is 2. The first-order valence-corrected chi connectivity index (χ1v) is 5.97. The van der Waals surface area contributed by atoms with E-state index in [-0.39, 0.29) is 16.3 Å². The van der Waals surface area contributed by atoms with Crippen molar-refractivity contribution in [2.75, 3.05) is 0 Å². The number of carbonyl (C=O) groups excluding carboxylic acids is 1. The molecule has 1 heterocycles. The monoisotopic (exact) mass is 295 g/mol. The topological polar surface area (TPSA) is 114 Å². The van der Waals surface area contributed by atoms with Crippen LogP contribution in [0.2, 0.25) is 5.02 Å². The third-order valence-electron chi connectivity index (χ3n) is 2.60. The number of carbonyl (C=O) groups is 1. The number of nitrogens with one attached hydrogen (secondary N) is 2. The maximum atomic E-state index is 12.0. The molecule has 8 nitrogen and oxygen atoms in total. The predicted molar refractivity (Wildman–Crippen MR) is 70.4 cm³/mol. The Bertz CT molecular complexity index is 644. The number of amides is 1. The molecule has 1 aromatic carbocycles. The van der Waals surface area contributed by atoms with E-state index >= 15 is 0 Å². The molecule has 9 heteroatoms. The van der Waals surface area contributed by atoms with Crippen molar-refractivity contribution in [2.24, 2.45) is 0 Å². The second kappa shape index (κ2) is 5.66. The minimum absolute atomic E-state index is 0.0187. The van der Waals surface area contributed by atoms with Gasteiger partial charge >= 0.3 is 0 Å². The zero-order valence-electron chi connectivity index (χ0n) is 10.3. The Labute approximate surface area is 118 Å². The molecule has 0 bridgehead atoms. The summed E-state index contributed by atoms with van der Waals surface area (Å²) in [5, 5.41) is 19.7.